The van der Waals surface area contributed by atoms with Crippen molar-refractivity contribution in [3.8, 4) is 0 Å². The van der Waals surface area contributed by atoms with Crippen LogP contribution >= 0.6 is 11.3 Å². The molecule has 1 aromatic heterocycles. The highest BCUT2D eigenvalue weighted by Crippen LogP contribution is 2.32. The zero-order valence-electron chi connectivity index (χ0n) is 14.4. The summed E-state index contributed by atoms with van der Waals surface area (Å²) in [6.07, 6.45) is 4.00. The summed E-state index contributed by atoms with van der Waals surface area (Å²) in [5.41, 5.74) is 2.43. The van der Waals surface area contributed by atoms with E-state index < -0.39 is 5.97 Å². The van der Waals surface area contributed by atoms with Crippen LogP contribution in [0.1, 0.15) is 39.0 Å². The van der Waals surface area contributed by atoms with Gasteiger partial charge in [-0.15, -0.1) is 11.3 Å². The second-order valence-corrected chi connectivity index (χ2v) is 7.71. The molecule has 1 aliphatic rings. The summed E-state index contributed by atoms with van der Waals surface area (Å²) in [5, 5.41) is 2.78. The quantitative estimate of drug-likeness (QED) is 0.806. The Labute approximate surface area is 152 Å². The summed E-state index contributed by atoms with van der Waals surface area (Å²) >= 11 is 1.51. The molecular formula is C20H23NO3S. The topological polar surface area (TPSA) is 55.4 Å². The first-order valence-electron chi connectivity index (χ1n) is 8.71. The van der Waals surface area contributed by atoms with Gasteiger partial charge >= 0.3 is 5.97 Å². The molecule has 0 radical (unpaired) electrons. The van der Waals surface area contributed by atoms with Crippen LogP contribution in [-0.2, 0) is 28.8 Å². The molecule has 1 amide bonds. The number of fused-ring (bicyclic) bond motifs is 1. The third-order valence-electron chi connectivity index (χ3n) is 4.44. The van der Waals surface area contributed by atoms with Gasteiger partial charge in [0, 0.05) is 11.4 Å². The Morgan fingerprint density at radius 1 is 1.28 bits per heavy atom. The van der Waals surface area contributed by atoms with Gasteiger partial charge in [-0.05, 0) is 48.8 Å². The van der Waals surface area contributed by atoms with Crippen LogP contribution in [0.4, 0.5) is 0 Å². The van der Waals surface area contributed by atoms with Gasteiger partial charge in [0.05, 0.1) is 0 Å². The third kappa shape index (κ3) is 4.92. The van der Waals surface area contributed by atoms with E-state index in [2.05, 4.69) is 12.2 Å². The molecule has 1 aromatic carbocycles. The van der Waals surface area contributed by atoms with Gasteiger partial charge in [0.15, 0.2) is 6.61 Å². The number of ether oxygens (including phenoxy) is 1. The zero-order chi connectivity index (χ0) is 17.6. The van der Waals surface area contributed by atoms with Crippen LogP contribution in [0.25, 0.3) is 0 Å². The molecule has 1 aliphatic carbocycles. The molecule has 132 valence electrons. The highest BCUT2D eigenvalue weighted by Gasteiger charge is 2.21. The SMILES string of the molecule is C[C@H]1CCc2sc(C(=O)OCC(=O)NCCc3ccccc3)cc2C1. The number of hydrogen-bond donors (Lipinski definition) is 1. The van der Waals surface area contributed by atoms with Crippen molar-refractivity contribution in [3.05, 3.63) is 57.3 Å². The first kappa shape index (κ1) is 17.7. The van der Waals surface area contributed by atoms with Crippen molar-refractivity contribution >= 4 is 23.2 Å². The second kappa shape index (κ2) is 8.30. The Hall–Kier alpha value is -2.14. The molecule has 0 bridgehead atoms. The van der Waals surface area contributed by atoms with E-state index in [4.69, 9.17) is 4.74 Å². The van der Waals surface area contributed by atoms with Gasteiger partial charge in [-0.3, -0.25) is 4.79 Å². The lowest BCUT2D eigenvalue weighted by Crippen LogP contribution is -2.30. The Bertz CT molecular complexity index is 739. The minimum atomic E-state index is -0.398. The van der Waals surface area contributed by atoms with Crippen LogP contribution in [0.15, 0.2) is 36.4 Å². The monoisotopic (exact) mass is 357 g/mol. The molecule has 1 N–H and O–H groups in total. The molecule has 1 atom stereocenters. The predicted octanol–water partition coefficient (Wildman–Crippen LogP) is 3.39. The fraction of sp³-hybridized carbons (Fsp3) is 0.400. The summed E-state index contributed by atoms with van der Waals surface area (Å²) in [5.74, 6) is 0.00541. The first-order chi connectivity index (χ1) is 12.1. The molecule has 4 nitrogen and oxygen atoms in total. The third-order valence-corrected chi connectivity index (χ3v) is 5.66. The van der Waals surface area contributed by atoms with Crippen molar-refractivity contribution in [3.63, 3.8) is 0 Å². The molecule has 0 fully saturated rings. The Morgan fingerprint density at radius 2 is 2.08 bits per heavy atom. The van der Waals surface area contributed by atoms with Crippen molar-refractivity contribution in [2.45, 2.75) is 32.6 Å². The number of carbonyl (C=O) groups excluding carboxylic acids is 2. The molecule has 1 heterocycles. The van der Waals surface area contributed by atoms with Crippen LogP contribution in [0.3, 0.4) is 0 Å². The van der Waals surface area contributed by atoms with Crippen LogP contribution in [0.5, 0.6) is 0 Å². The highest BCUT2D eigenvalue weighted by atomic mass is 32.1. The normalized spacial score (nSPS) is 16.1. The highest BCUT2D eigenvalue weighted by molar-refractivity contribution is 7.14. The Balaban J connectivity index is 1.42. The average Bonchev–Trinajstić information content (AvgIpc) is 3.04. The van der Waals surface area contributed by atoms with E-state index in [-0.39, 0.29) is 12.5 Å². The van der Waals surface area contributed by atoms with Crippen LogP contribution in [-0.4, -0.2) is 25.0 Å². The summed E-state index contributed by atoms with van der Waals surface area (Å²) < 4.78 is 5.16. The fourth-order valence-electron chi connectivity index (χ4n) is 3.05. The molecular weight excluding hydrogens is 334 g/mol. The summed E-state index contributed by atoms with van der Waals surface area (Å²) in [4.78, 5) is 25.9. The van der Waals surface area contributed by atoms with Gasteiger partial charge in [-0.25, -0.2) is 4.79 Å². The maximum Gasteiger partial charge on any atom is 0.348 e. The van der Waals surface area contributed by atoms with Crippen molar-refractivity contribution in [2.24, 2.45) is 5.92 Å². The molecule has 3 rings (SSSR count). The summed E-state index contributed by atoms with van der Waals surface area (Å²) in [6, 6.07) is 11.9. The lowest BCUT2D eigenvalue weighted by molar-refractivity contribution is -0.124. The Morgan fingerprint density at radius 3 is 2.88 bits per heavy atom. The minimum Gasteiger partial charge on any atom is -0.451 e. The molecule has 0 saturated carbocycles. The molecule has 0 spiro atoms. The van der Waals surface area contributed by atoms with Crippen LogP contribution in [0.2, 0.25) is 0 Å². The summed E-state index contributed by atoms with van der Waals surface area (Å²) in [7, 11) is 0. The van der Waals surface area contributed by atoms with Gasteiger partial charge in [-0.2, -0.15) is 0 Å². The number of aryl methyl sites for hydroxylation is 1. The largest absolute Gasteiger partial charge is 0.451 e. The van der Waals surface area contributed by atoms with E-state index >= 15 is 0 Å². The number of rotatable bonds is 6. The number of carbonyl (C=O) groups is 2. The standard InChI is InChI=1S/C20H23NO3S/c1-14-7-8-17-16(11-14)12-18(25-17)20(23)24-13-19(22)21-10-9-15-5-3-2-4-6-15/h2-6,12,14H,7-11,13H2,1H3,(H,21,22)/t14-/m0/s1. The van der Waals surface area contributed by atoms with E-state index in [1.54, 1.807) is 0 Å². The lowest BCUT2D eigenvalue weighted by atomic mass is 9.90. The molecule has 0 saturated heterocycles. The molecule has 2 aromatic rings. The number of hydrogen-bond acceptors (Lipinski definition) is 4. The van der Waals surface area contributed by atoms with E-state index in [1.807, 2.05) is 36.4 Å². The van der Waals surface area contributed by atoms with Gasteiger partial charge in [-0.1, -0.05) is 37.3 Å². The predicted molar refractivity (Wildman–Crippen MR) is 98.9 cm³/mol. The lowest BCUT2D eigenvalue weighted by Gasteiger charge is -2.16. The second-order valence-electron chi connectivity index (χ2n) is 6.57. The Kier molecular flexibility index (Phi) is 5.87. The first-order valence-corrected chi connectivity index (χ1v) is 9.53. The molecule has 0 unspecified atom stereocenters. The fourth-order valence-corrected chi connectivity index (χ4v) is 4.15. The van der Waals surface area contributed by atoms with Crippen molar-refractivity contribution in [2.75, 3.05) is 13.2 Å². The van der Waals surface area contributed by atoms with Crippen LogP contribution in [0, 0.1) is 5.92 Å². The number of thiophene rings is 1. The smallest absolute Gasteiger partial charge is 0.348 e. The van der Waals surface area contributed by atoms with Crippen molar-refractivity contribution < 1.29 is 14.3 Å². The molecule has 25 heavy (non-hydrogen) atoms. The van der Waals surface area contributed by atoms with Crippen LogP contribution < -0.4 is 5.32 Å². The van der Waals surface area contributed by atoms with Crippen molar-refractivity contribution in [1.29, 1.82) is 0 Å². The number of esters is 1. The number of amides is 1. The van der Waals surface area contributed by atoms with E-state index in [1.165, 1.54) is 28.2 Å². The summed E-state index contributed by atoms with van der Waals surface area (Å²) in [6.45, 7) is 2.54. The van der Waals surface area contributed by atoms with E-state index in [0.29, 0.717) is 17.3 Å². The number of benzene rings is 1. The molecule has 5 heteroatoms. The minimum absolute atomic E-state index is 0.230. The van der Waals surface area contributed by atoms with Crippen molar-refractivity contribution in [1.82, 2.24) is 5.32 Å². The maximum absolute atomic E-state index is 12.2. The zero-order valence-corrected chi connectivity index (χ0v) is 15.2. The van der Waals surface area contributed by atoms with Gasteiger partial charge in [0.25, 0.3) is 5.91 Å². The average molecular weight is 357 g/mol. The maximum atomic E-state index is 12.2. The molecule has 0 aliphatic heterocycles. The number of nitrogens with one attached hydrogen (secondary N) is 1. The van der Waals surface area contributed by atoms with E-state index in [0.717, 1.165) is 24.8 Å². The van der Waals surface area contributed by atoms with Gasteiger partial charge in [0.2, 0.25) is 0 Å². The van der Waals surface area contributed by atoms with Gasteiger partial charge in [0.1, 0.15) is 4.88 Å². The van der Waals surface area contributed by atoms with Gasteiger partial charge < -0.3 is 10.1 Å². The van der Waals surface area contributed by atoms with E-state index in [9.17, 15) is 9.59 Å².